The molecule has 2 aliphatic heterocycles. The molecule has 22 heteroatoms. The van der Waals surface area contributed by atoms with Gasteiger partial charge in [0.1, 0.15) is 12.5 Å². The van der Waals surface area contributed by atoms with Crippen LogP contribution in [0.5, 0.6) is 0 Å². The lowest BCUT2D eigenvalue weighted by atomic mass is 10.1. The molecule has 4 aromatic rings. The Labute approximate surface area is 354 Å². The lowest BCUT2D eigenvalue weighted by Gasteiger charge is -2.37. The maximum atomic E-state index is 12.6. The van der Waals surface area contributed by atoms with Crippen LogP contribution in [0.2, 0.25) is 0 Å². The van der Waals surface area contributed by atoms with E-state index in [9.17, 15) is 24.3 Å². The van der Waals surface area contributed by atoms with Gasteiger partial charge in [-0.2, -0.15) is 15.2 Å². The van der Waals surface area contributed by atoms with E-state index in [1.807, 2.05) is 13.8 Å². The Bertz CT molecular complexity index is 2270. The van der Waals surface area contributed by atoms with Crippen LogP contribution in [-0.2, 0) is 28.1 Å². The summed E-state index contributed by atoms with van der Waals surface area (Å²) in [4.78, 5) is 70.9. The highest BCUT2D eigenvalue weighted by atomic mass is 31.2. The zero-order chi connectivity index (χ0) is 44.7. The fourth-order valence-electron chi connectivity index (χ4n) is 6.92. The zero-order valence-electron chi connectivity index (χ0n) is 36.4. The van der Waals surface area contributed by atoms with Gasteiger partial charge in [-0.05, 0) is 40.5 Å². The van der Waals surface area contributed by atoms with Crippen molar-refractivity contribution in [1.29, 1.82) is 5.26 Å². The number of hydrogen-bond donors (Lipinski definition) is 5. The summed E-state index contributed by atoms with van der Waals surface area (Å²) in [6, 6.07) is 2.48. The molecular weight excluding hydrogens is 811 g/mol. The number of aromatic amines is 2. The summed E-state index contributed by atoms with van der Waals surface area (Å²) in [5, 5.41) is 24.2. The van der Waals surface area contributed by atoms with E-state index < -0.39 is 38.2 Å². The fraction of sp³-hybridized carbons (Fsp3) is 0.667. The minimum atomic E-state index is -1.44. The van der Waals surface area contributed by atoms with Crippen molar-refractivity contribution in [3.8, 4) is 6.07 Å². The third-order valence-electron chi connectivity index (χ3n) is 10.1. The monoisotopic (exact) mass is 870 g/mol. The second-order valence-electron chi connectivity index (χ2n) is 16.1. The molecule has 1 unspecified atom stereocenters. The molecular formula is C39H59N12O9P. The number of nitriles is 1. The van der Waals surface area contributed by atoms with Crippen LogP contribution in [0.3, 0.4) is 0 Å². The number of nitrogens with zero attached hydrogens (tertiary/aromatic N) is 8. The highest BCUT2D eigenvalue weighted by Crippen LogP contribution is 2.50. The third-order valence-corrected chi connectivity index (χ3v) is 12.2. The number of rotatable bonds is 16. The van der Waals surface area contributed by atoms with E-state index in [1.165, 1.54) is 12.7 Å². The van der Waals surface area contributed by atoms with Gasteiger partial charge in [-0.3, -0.25) is 48.9 Å². The van der Waals surface area contributed by atoms with Gasteiger partial charge in [-0.25, -0.2) is 14.6 Å². The van der Waals surface area contributed by atoms with Crippen LogP contribution in [0.25, 0.3) is 22.3 Å². The Balaban J connectivity index is 0.000000252. The number of amides is 2. The van der Waals surface area contributed by atoms with Crippen molar-refractivity contribution in [2.45, 2.75) is 150 Å². The van der Waals surface area contributed by atoms with Crippen molar-refractivity contribution in [2.75, 3.05) is 17.2 Å². The summed E-state index contributed by atoms with van der Waals surface area (Å²) >= 11 is 0. The number of aliphatic hydroxyl groups excluding tert-OH is 1. The second kappa shape index (κ2) is 20.9. The third kappa shape index (κ3) is 11.2. The minimum Gasteiger partial charge on any atom is -0.390 e. The largest absolute Gasteiger partial charge is 0.390 e. The van der Waals surface area contributed by atoms with E-state index in [1.54, 1.807) is 36.8 Å². The van der Waals surface area contributed by atoms with Gasteiger partial charge in [0.25, 0.3) is 19.6 Å². The number of ether oxygens (including phenoxy) is 2. The van der Waals surface area contributed by atoms with Crippen LogP contribution in [0.15, 0.2) is 22.2 Å². The number of imidazole rings is 2. The quantitative estimate of drug-likeness (QED) is 0.0744. The van der Waals surface area contributed by atoms with Gasteiger partial charge in [0.05, 0.1) is 56.2 Å². The average molecular weight is 871 g/mol. The van der Waals surface area contributed by atoms with Gasteiger partial charge in [0.15, 0.2) is 22.3 Å². The van der Waals surface area contributed by atoms with Gasteiger partial charge in [-0.1, -0.05) is 41.5 Å². The first-order valence-corrected chi connectivity index (χ1v) is 21.9. The molecule has 2 amide bonds. The molecule has 0 aromatic carbocycles. The Hall–Kier alpha value is -4.68. The summed E-state index contributed by atoms with van der Waals surface area (Å²) in [7, 11) is -1.44. The highest BCUT2D eigenvalue weighted by Gasteiger charge is 2.41. The van der Waals surface area contributed by atoms with Gasteiger partial charge >= 0.3 is 0 Å². The van der Waals surface area contributed by atoms with Crippen LogP contribution < -0.4 is 21.8 Å². The highest BCUT2D eigenvalue weighted by molar-refractivity contribution is 7.44. The molecule has 21 nitrogen and oxygen atoms in total. The number of hydrogen-bond acceptors (Lipinski definition) is 15. The van der Waals surface area contributed by atoms with Crippen LogP contribution in [0.4, 0.5) is 11.9 Å². The van der Waals surface area contributed by atoms with E-state index in [-0.39, 0.29) is 90.0 Å². The SMILES string of the molecule is CC[C@H]1O[C@@H](n2cnc3c(=O)[nH]c(NC(=O)C(C)C)nc32)C[C@H]1O.CC[C@H]1O[C@@H](n2cnc3c(=O)[nH]c(NC(=O)C(C)C)nc32)C[C@H]1OP(OCCC#N)N(C(C)C)C(C)C. The molecule has 7 atom stereocenters. The van der Waals surface area contributed by atoms with E-state index in [0.29, 0.717) is 37.0 Å². The lowest BCUT2D eigenvalue weighted by molar-refractivity contribution is -0.119. The van der Waals surface area contributed by atoms with Crippen molar-refractivity contribution in [2.24, 2.45) is 11.8 Å². The number of aromatic nitrogens is 8. The molecule has 6 rings (SSSR count). The molecule has 0 radical (unpaired) electrons. The second-order valence-corrected chi connectivity index (χ2v) is 17.5. The molecule has 334 valence electrons. The van der Waals surface area contributed by atoms with E-state index in [4.69, 9.17) is 23.8 Å². The van der Waals surface area contributed by atoms with E-state index in [0.717, 1.165) is 0 Å². The van der Waals surface area contributed by atoms with Crippen molar-refractivity contribution >= 4 is 54.6 Å². The summed E-state index contributed by atoms with van der Waals surface area (Å²) in [6.45, 7) is 19.6. The summed E-state index contributed by atoms with van der Waals surface area (Å²) in [5.41, 5.74) is 0.0728. The molecule has 61 heavy (non-hydrogen) atoms. The lowest BCUT2D eigenvalue weighted by Crippen LogP contribution is -2.35. The molecule has 0 bridgehead atoms. The Morgan fingerprint density at radius 3 is 1.77 bits per heavy atom. The molecule has 0 spiro atoms. The minimum absolute atomic E-state index is 0.0645. The molecule has 2 fully saturated rings. The van der Waals surface area contributed by atoms with Crippen molar-refractivity contribution in [3.63, 3.8) is 0 Å². The summed E-state index contributed by atoms with van der Waals surface area (Å²) < 4.78 is 30.3. The maximum absolute atomic E-state index is 12.6. The first-order valence-electron chi connectivity index (χ1n) is 20.8. The Morgan fingerprint density at radius 1 is 0.869 bits per heavy atom. The molecule has 2 aliphatic rings. The molecule has 6 heterocycles. The van der Waals surface area contributed by atoms with Gasteiger partial charge in [0, 0.05) is 36.8 Å². The van der Waals surface area contributed by atoms with Crippen LogP contribution in [0, 0.1) is 23.2 Å². The number of aliphatic hydroxyl groups is 1. The number of H-pyrrole nitrogens is 2. The van der Waals surface area contributed by atoms with Gasteiger partial charge < -0.3 is 23.6 Å². The Morgan fingerprint density at radius 2 is 1.34 bits per heavy atom. The normalized spacial score (nSPS) is 22.1. The van der Waals surface area contributed by atoms with Crippen LogP contribution in [-0.4, -0.2) is 104 Å². The zero-order valence-corrected chi connectivity index (χ0v) is 37.3. The van der Waals surface area contributed by atoms with Gasteiger partial charge in [-0.15, -0.1) is 0 Å². The van der Waals surface area contributed by atoms with Crippen molar-refractivity contribution in [3.05, 3.63) is 33.4 Å². The number of carbonyl (C=O) groups is 2. The molecule has 0 aliphatic carbocycles. The molecule has 2 saturated heterocycles. The fourth-order valence-corrected chi connectivity index (χ4v) is 8.68. The number of anilines is 2. The molecule has 0 saturated carbocycles. The standard InChI is InChI=1S/C24H38N7O5P.C15H21N5O4/c1-8-17-18(36-37(34-11-9-10-25)31(15(4)5)16(6)7)12-19(35-17)30-13-26-20-21(30)27-24(29-23(20)33)28-22(32)14(2)3;1-4-9-8(21)5-10(24-9)20-6-16-11-12(20)17-15(19-14(11)23)18-13(22)7(2)3/h13-19H,8-9,11-12H2,1-7H3,(H2,27,28,29,32,33);6-10,21H,4-5H2,1-3H3,(H2,17,18,19,22,23)/t17-,18-,19-,37?;8-,9-,10-/m11/s1. The molecule has 5 N–H and O–H groups in total. The van der Waals surface area contributed by atoms with Crippen LogP contribution >= 0.6 is 8.53 Å². The maximum Gasteiger partial charge on any atom is 0.280 e. The van der Waals surface area contributed by atoms with E-state index in [2.05, 4.69) is 79.0 Å². The first-order chi connectivity index (χ1) is 29.0. The molecule has 4 aromatic heterocycles. The average Bonchev–Trinajstić information content (AvgIpc) is 3.99. The van der Waals surface area contributed by atoms with Gasteiger partial charge in [0.2, 0.25) is 23.7 Å². The number of carbonyl (C=O) groups excluding carboxylic acids is 2. The first kappa shape index (κ1) is 47.4. The topological polar surface area (TPSA) is 270 Å². The predicted octanol–water partition coefficient (Wildman–Crippen LogP) is 4.85. The van der Waals surface area contributed by atoms with E-state index >= 15 is 0 Å². The number of fused-ring (bicyclic) bond motifs is 2. The summed E-state index contributed by atoms with van der Waals surface area (Å²) in [6.07, 6.45) is 3.34. The number of nitrogens with one attached hydrogen (secondary N) is 4. The van der Waals surface area contributed by atoms with Crippen molar-refractivity contribution in [1.82, 2.24) is 43.7 Å². The summed E-state index contributed by atoms with van der Waals surface area (Å²) in [5.74, 6) is -0.881. The predicted molar refractivity (Wildman–Crippen MR) is 227 cm³/mol. The Kier molecular flexibility index (Phi) is 16.3. The smallest absolute Gasteiger partial charge is 0.280 e. The van der Waals surface area contributed by atoms with Crippen LogP contribution in [0.1, 0.15) is 114 Å². The van der Waals surface area contributed by atoms with Crippen molar-refractivity contribution < 1.29 is 33.2 Å².